The first-order chi connectivity index (χ1) is 12.9. The van der Waals surface area contributed by atoms with E-state index in [9.17, 15) is 4.79 Å². The minimum atomic E-state index is -0.222. The molecule has 0 amide bonds. The van der Waals surface area contributed by atoms with Crippen LogP contribution in [-0.2, 0) is 9.53 Å². The molecule has 0 atom stereocenters. The number of carbonyl (C=O) groups is 1. The molecule has 27 heavy (non-hydrogen) atoms. The van der Waals surface area contributed by atoms with Crippen LogP contribution in [-0.4, -0.2) is 38.3 Å². The summed E-state index contributed by atoms with van der Waals surface area (Å²) in [6, 6.07) is 12.7. The van der Waals surface area contributed by atoms with Crippen molar-refractivity contribution in [2.45, 2.75) is 26.4 Å². The van der Waals surface area contributed by atoms with Gasteiger partial charge in [-0.05, 0) is 56.2 Å². The Kier molecular flexibility index (Phi) is 4.25. The number of esters is 1. The number of aryl methyl sites for hydroxylation is 1. The summed E-state index contributed by atoms with van der Waals surface area (Å²) in [5.74, 6) is 0.753. The second-order valence-electron chi connectivity index (χ2n) is 8.08. The molecular weight excluding hydrogens is 340 g/mol. The quantitative estimate of drug-likeness (QED) is 0.836. The molecule has 0 aliphatic carbocycles. The van der Waals surface area contributed by atoms with Gasteiger partial charge in [0.15, 0.2) is 0 Å². The van der Waals surface area contributed by atoms with Crippen molar-refractivity contribution < 1.29 is 14.3 Å². The Labute approximate surface area is 160 Å². The number of nitrogens with one attached hydrogen (secondary N) is 1. The van der Waals surface area contributed by atoms with Gasteiger partial charge in [-0.2, -0.15) is 0 Å². The third-order valence-corrected chi connectivity index (χ3v) is 5.26. The van der Waals surface area contributed by atoms with Crippen LogP contribution in [0.3, 0.4) is 0 Å². The molecule has 5 nitrogen and oxygen atoms in total. The molecule has 0 unspecified atom stereocenters. The van der Waals surface area contributed by atoms with Crippen LogP contribution < -0.4 is 15.0 Å². The predicted molar refractivity (Wildman–Crippen MR) is 108 cm³/mol. The molecule has 1 fully saturated rings. The lowest BCUT2D eigenvalue weighted by Gasteiger charge is -2.39. The fourth-order valence-electron chi connectivity index (χ4n) is 3.75. The van der Waals surface area contributed by atoms with Crippen LogP contribution in [0.15, 0.2) is 36.4 Å². The fourth-order valence-corrected chi connectivity index (χ4v) is 3.75. The molecule has 0 bridgehead atoms. The highest BCUT2D eigenvalue weighted by Gasteiger charge is 2.34. The molecule has 142 valence electrons. The van der Waals surface area contributed by atoms with E-state index in [1.165, 1.54) is 12.7 Å². The lowest BCUT2D eigenvalue weighted by atomic mass is 9.95. The third-order valence-electron chi connectivity index (χ3n) is 5.26. The van der Waals surface area contributed by atoms with Crippen LogP contribution >= 0.6 is 0 Å². The van der Waals surface area contributed by atoms with E-state index in [1.807, 2.05) is 0 Å². The summed E-state index contributed by atoms with van der Waals surface area (Å²) in [6.07, 6.45) is 0. The molecule has 2 aromatic carbocycles. The first-order valence-electron chi connectivity index (χ1n) is 9.37. The van der Waals surface area contributed by atoms with E-state index in [4.69, 9.17) is 9.47 Å². The second-order valence-corrected chi connectivity index (χ2v) is 8.08. The summed E-state index contributed by atoms with van der Waals surface area (Å²) in [5.41, 5.74) is 5.41. The van der Waals surface area contributed by atoms with Gasteiger partial charge in [-0.15, -0.1) is 0 Å². The van der Waals surface area contributed by atoms with Gasteiger partial charge in [0.25, 0.3) is 0 Å². The van der Waals surface area contributed by atoms with Gasteiger partial charge in [-0.1, -0.05) is 12.1 Å². The number of hydrogen-bond donors (Lipinski definition) is 1. The van der Waals surface area contributed by atoms with E-state index in [0.29, 0.717) is 13.1 Å². The van der Waals surface area contributed by atoms with Crippen molar-refractivity contribution in [2.24, 2.45) is 5.92 Å². The van der Waals surface area contributed by atoms with Gasteiger partial charge in [0.1, 0.15) is 11.4 Å². The number of hydrogen-bond acceptors (Lipinski definition) is 5. The molecule has 0 spiro atoms. The number of carbonyl (C=O) groups excluding carboxylic acids is 1. The minimum Gasteiger partial charge on any atom is -0.484 e. The summed E-state index contributed by atoms with van der Waals surface area (Å²) >= 11 is 0. The Hall–Kier alpha value is -2.69. The Morgan fingerprint density at radius 3 is 2.78 bits per heavy atom. The van der Waals surface area contributed by atoms with Crippen molar-refractivity contribution in [1.29, 1.82) is 0 Å². The molecular formula is C22H26N2O3. The van der Waals surface area contributed by atoms with Gasteiger partial charge >= 0.3 is 5.97 Å². The summed E-state index contributed by atoms with van der Waals surface area (Å²) in [6.45, 7) is 8.45. The Balaban J connectivity index is 1.64. The molecule has 4 rings (SSSR count). The summed E-state index contributed by atoms with van der Waals surface area (Å²) < 4.78 is 11.0. The van der Waals surface area contributed by atoms with E-state index < -0.39 is 0 Å². The topological polar surface area (TPSA) is 50.8 Å². The first-order valence-corrected chi connectivity index (χ1v) is 9.37. The third kappa shape index (κ3) is 3.34. The highest BCUT2D eigenvalue weighted by molar-refractivity contribution is 5.85. The zero-order chi connectivity index (χ0) is 19.2. The van der Waals surface area contributed by atoms with Gasteiger partial charge in [0.05, 0.1) is 25.3 Å². The number of benzene rings is 2. The molecule has 5 heteroatoms. The van der Waals surface area contributed by atoms with E-state index in [-0.39, 0.29) is 17.5 Å². The SMILES string of the molecule is COC(=O)C1CN(c2cccc(-c3cc(C)cc4c3NCC(C)(C)O4)c2)C1. The summed E-state index contributed by atoms with van der Waals surface area (Å²) in [4.78, 5) is 13.8. The van der Waals surface area contributed by atoms with Crippen LogP contribution in [0.1, 0.15) is 19.4 Å². The highest BCUT2D eigenvalue weighted by atomic mass is 16.5. The number of fused-ring (bicyclic) bond motifs is 1. The van der Waals surface area contributed by atoms with E-state index in [1.54, 1.807) is 0 Å². The van der Waals surface area contributed by atoms with Gasteiger partial charge in [0.2, 0.25) is 0 Å². The Bertz CT molecular complexity index is 885. The molecule has 2 aliphatic heterocycles. The molecule has 1 saturated heterocycles. The van der Waals surface area contributed by atoms with E-state index in [2.05, 4.69) is 67.4 Å². The van der Waals surface area contributed by atoms with Crippen LogP contribution in [0.2, 0.25) is 0 Å². The van der Waals surface area contributed by atoms with Crippen molar-refractivity contribution in [3.8, 4) is 16.9 Å². The van der Waals surface area contributed by atoms with Crippen molar-refractivity contribution in [1.82, 2.24) is 0 Å². The Morgan fingerprint density at radius 2 is 2.04 bits per heavy atom. The number of nitrogens with zero attached hydrogens (tertiary/aromatic N) is 1. The van der Waals surface area contributed by atoms with Gasteiger partial charge in [-0.3, -0.25) is 4.79 Å². The predicted octanol–water partition coefficient (Wildman–Crippen LogP) is 3.85. The highest BCUT2D eigenvalue weighted by Crippen LogP contribution is 2.42. The smallest absolute Gasteiger partial charge is 0.312 e. The largest absolute Gasteiger partial charge is 0.484 e. The molecule has 0 aromatic heterocycles. The average molecular weight is 366 g/mol. The second kappa shape index (κ2) is 6.48. The van der Waals surface area contributed by atoms with Gasteiger partial charge in [0, 0.05) is 24.3 Å². The maximum Gasteiger partial charge on any atom is 0.312 e. The maximum atomic E-state index is 11.6. The summed E-state index contributed by atoms with van der Waals surface area (Å²) in [5, 5.41) is 3.55. The average Bonchev–Trinajstić information content (AvgIpc) is 2.58. The normalized spacial score (nSPS) is 18.0. The summed E-state index contributed by atoms with van der Waals surface area (Å²) in [7, 11) is 1.45. The molecule has 0 saturated carbocycles. The molecule has 2 heterocycles. The number of ether oxygens (including phenoxy) is 2. The number of anilines is 2. The van der Waals surface area contributed by atoms with Gasteiger partial charge < -0.3 is 19.7 Å². The standard InChI is InChI=1S/C22H26N2O3/c1-14-8-18(20-19(9-14)27-22(2,3)13-23-20)15-6-5-7-17(10-15)24-11-16(12-24)21(25)26-4/h5-10,16,23H,11-13H2,1-4H3. The van der Waals surface area contributed by atoms with Crippen molar-refractivity contribution >= 4 is 17.3 Å². The zero-order valence-corrected chi connectivity index (χ0v) is 16.3. The molecule has 1 N–H and O–H groups in total. The first kappa shape index (κ1) is 17.7. The minimum absolute atomic E-state index is 0.0253. The van der Waals surface area contributed by atoms with Crippen LogP contribution in [0.25, 0.3) is 11.1 Å². The monoisotopic (exact) mass is 366 g/mol. The lowest BCUT2D eigenvalue weighted by Crippen LogP contribution is -2.50. The lowest BCUT2D eigenvalue weighted by molar-refractivity contribution is -0.146. The van der Waals surface area contributed by atoms with E-state index in [0.717, 1.165) is 34.8 Å². The molecule has 2 aromatic rings. The zero-order valence-electron chi connectivity index (χ0n) is 16.3. The van der Waals surface area contributed by atoms with Gasteiger partial charge in [-0.25, -0.2) is 0 Å². The van der Waals surface area contributed by atoms with Crippen LogP contribution in [0, 0.1) is 12.8 Å². The van der Waals surface area contributed by atoms with Crippen LogP contribution in [0.5, 0.6) is 5.75 Å². The van der Waals surface area contributed by atoms with E-state index >= 15 is 0 Å². The van der Waals surface area contributed by atoms with Crippen molar-refractivity contribution in [3.63, 3.8) is 0 Å². The van der Waals surface area contributed by atoms with Crippen LogP contribution in [0.4, 0.5) is 11.4 Å². The maximum absolute atomic E-state index is 11.6. The van der Waals surface area contributed by atoms with Crippen molar-refractivity contribution in [2.75, 3.05) is 37.0 Å². The number of rotatable bonds is 3. The molecule has 2 aliphatic rings. The fraction of sp³-hybridized carbons (Fsp3) is 0.409. The molecule has 0 radical (unpaired) electrons. The Morgan fingerprint density at radius 1 is 1.26 bits per heavy atom. The van der Waals surface area contributed by atoms with Crippen molar-refractivity contribution in [3.05, 3.63) is 42.0 Å². The number of methoxy groups -OCH3 is 1.